The van der Waals surface area contributed by atoms with Crippen LogP contribution in [0.15, 0.2) is 61.2 Å². The number of ether oxygens (including phenoxy) is 1. The molecule has 1 N–H and O–H groups in total. The fraction of sp³-hybridized carbons (Fsp3) is 0.286. The Morgan fingerprint density at radius 3 is 2.54 bits per heavy atom. The Bertz CT molecular complexity index is 984. The Kier molecular flexibility index (Phi) is 4.09. The lowest BCUT2D eigenvalue weighted by atomic mass is 9.99. The summed E-state index contributed by atoms with van der Waals surface area (Å²) in [7, 11) is 2.16. The van der Waals surface area contributed by atoms with Crippen molar-refractivity contribution in [2.45, 2.75) is 31.0 Å². The minimum Gasteiger partial charge on any atom is -0.507 e. The van der Waals surface area contributed by atoms with Gasteiger partial charge in [-0.15, -0.1) is 10.2 Å². The molecule has 0 aliphatic carbocycles. The van der Waals surface area contributed by atoms with Crippen molar-refractivity contribution in [3.8, 4) is 28.6 Å². The molecule has 2 aliphatic heterocycles. The summed E-state index contributed by atoms with van der Waals surface area (Å²) in [4.78, 5) is 6.40. The van der Waals surface area contributed by atoms with Crippen molar-refractivity contribution in [2.75, 3.05) is 7.05 Å². The molecule has 2 bridgehead atoms. The fourth-order valence-corrected chi connectivity index (χ4v) is 4.00. The average Bonchev–Trinajstić information content (AvgIpc) is 3.29. The largest absolute Gasteiger partial charge is 0.507 e. The van der Waals surface area contributed by atoms with Gasteiger partial charge in [-0.1, -0.05) is 12.2 Å². The average molecular weight is 375 g/mol. The Morgan fingerprint density at radius 2 is 1.89 bits per heavy atom. The molecule has 7 heteroatoms. The number of benzene rings is 1. The van der Waals surface area contributed by atoms with E-state index in [0.29, 0.717) is 29.2 Å². The zero-order valence-corrected chi connectivity index (χ0v) is 15.5. The highest BCUT2D eigenvalue weighted by atomic mass is 16.5. The first-order valence-electron chi connectivity index (χ1n) is 9.40. The smallest absolute Gasteiger partial charge is 0.233 e. The molecule has 4 heterocycles. The van der Waals surface area contributed by atoms with E-state index in [0.717, 1.165) is 18.5 Å². The van der Waals surface area contributed by atoms with E-state index < -0.39 is 0 Å². The first-order valence-corrected chi connectivity index (χ1v) is 9.40. The zero-order chi connectivity index (χ0) is 19.1. The second-order valence-corrected chi connectivity index (χ2v) is 7.32. The molecular formula is C21H21N5O2. The van der Waals surface area contributed by atoms with Crippen molar-refractivity contribution < 1.29 is 9.84 Å². The Balaban J connectivity index is 1.30. The van der Waals surface area contributed by atoms with Gasteiger partial charge in [0.05, 0.1) is 17.7 Å². The quantitative estimate of drug-likeness (QED) is 0.707. The second kappa shape index (κ2) is 6.76. The highest BCUT2D eigenvalue weighted by molar-refractivity contribution is 5.68. The van der Waals surface area contributed by atoms with Crippen LogP contribution < -0.4 is 4.74 Å². The van der Waals surface area contributed by atoms with Gasteiger partial charge < -0.3 is 14.4 Å². The third-order valence-electron chi connectivity index (χ3n) is 5.60. The van der Waals surface area contributed by atoms with Crippen LogP contribution in [0.2, 0.25) is 0 Å². The molecule has 0 radical (unpaired) electrons. The van der Waals surface area contributed by atoms with Crippen molar-refractivity contribution in [2.24, 2.45) is 0 Å². The van der Waals surface area contributed by atoms with Crippen LogP contribution in [0.1, 0.15) is 12.8 Å². The van der Waals surface area contributed by atoms with E-state index in [1.807, 2.05) is 35.0 Å². The predicted molar refractivity (Wildman–Crippen MR) is 104 cm³/mol. The van der Waals surface area contributed by atoms with E-state index in [1.165, 1.54) is 0 Å². The SMILES string of the molecule is CN1[C@@H]2C=C[C@H]1CC(Oc1ccc(-c3ccc(-n4ccnc4)cc3O)nn1)C2. The summed E-state index contributed by atoms with van der Waals surface area (Å²) in [5, 5.41) is 18.9. The number of fused-ring (bicyclic) bond motifs is 2. The number of aromatic nitrogens is 4. The molecule has 142 valence electrons. The molecule has 5 rings (SSSR count). The van der Waals surface area contributed by atoms with Gasteiger partial charge in [0.2, 0.25) is 5.88 Å². The molecular weight excluding hydrogens is 354 g/mol. The van der Waals surface area contributed by atoms with E-state index in [2.05, 4.69) is 39.3 Å². The van der Waals surface area contributed by atoms with Crippen LogP contribution in [0, 0.1) is 0 Å². The number of phenolic OH excluding ortho intramolecular Hbond substituents is 1. The van der Waals surface area contributed by atoms with Crippen molar-refractivity contribution in [1.29, 1.82) is 0 Å². The van der Waals surface area contributed by atoms with Gasteiger partial charge in [0, 0.05) is 55.0 Å². The third kappa shape index (κ3) is 3.03. The van der Waals surface area contributed by atoms with Crippen molar-refractivity contribution in [3.63, 3.8) is 0 Å². The summed E-state index contributed by atoms with van der Waals surface area (Å²) >= 11 is 0. The molecule has 1 fully saturated rings. The maximum Gasteiger partial charge on any atom is 0.233 e. The van der Waals surface area contributed by atoms with Crippen molar-refractivity contribution in [1.82, 2.24) is 24.6 Å². The van der Waals surface area contributed by atoms with Crippen molar-refractivity contribution >= 4 is 0 Å². The fourth-order valence-electron chi connectivity index (χ4n) is 4.00. The zero-order valence-electron chi connectivity index (χ0n) is 15.5. The number of hydrogen-bond donors (Lipinski definition) is 1. The maximum atomic E-state index is 10.4. The standard InChI is InChI=1S/C21H21N5O2/c1-25-14-2-3-15(25)11-17(10-14)28-21-7-6-19(23-24-21)18-5-4-16(12-20(18)27)26-9-8-22-13-26/h2-9,12-15,17,27H,10-11H2,1H3/t14-,15+,17?. The molecule has 0 spiro atoms. The monoisotopic (exact) mass is 375 g/mol. The molecule has 3 atom stereocenters. The van der Waals surface area contributed by atoms with Crippen LogP contribution in [0.4, 0.5) is 0 Å². The first-order chi connectivity index (χ1) is 13.7. The number of imidazole rings is 1. The van der Waals surface area contributed by atoms with E-state index >= 15 is 0 Å². The molecule has 28 heavy (non-hydrogen) atoms. The Morgan fingerprint density at radius 1 is 1.07 bits per heavy atom. The van der Waals surface area contributed by atoms with Gasteiger partial charge in [-0.3, -0.25) is 4.90 Å². The van der Waals surface area contributed by atoms with Gasteiger partial charge in [0.15, 0.2) is 0 Å². The van der Waals surface area contributed by atoms with Gasteiger partial charge >= 0.3 is 0 Å². The van der Waals surface area contributed by atoms with Crippen LogP contribution in [0.25, 0.3) is 16.9 Å². The predicted octanol–water partition coefficient (Wildman–Crippen LogP) is 2.81. The van der Waals surface area contributed by atoms with Crippen LogP contribution >= 0.6 is 0 Å². The molecule has 2 aliphatic rings. The molecule has 3 aromatic rings. The highest BCUT2D eigenvalue weighted by Crippen LogP contribution is 2.32. The Labute approximate surface area is 162 Å². The molecule has 2 aromatic heterocycles. The maximum absolute atomic E-state index is 10.4. The highest BCUT2D eigenvalue weighted by Gasteiger charge is 2.35. The minimum absolute atomic E-state index is 0.143. The van der Waals surface area contributed by atoms with Gasteiger partial charge in [0.25, 0.3) is 0 Å². The van der Waals surface area contributed by atoms with E-state index in [4.69, 9.17) is 4.74 Å². The normalized spacial score (nSPS) is 23.8. The number of phenols is 1. The third-order valence-corrected chi connectivity index (χ3v) is 5.60. The lowest BCUT2D eigenvalue weighted by Gasteiger charge is -2.36. The second-order valence-electron chi connectivity index (χ2n) is 7.32. The van der Waals surface area contributed by atoms with E-state index in [1.54, 1.807) is 18.6 Å². The summed E-state index contributed by atoms with van der Waals surface area (Å²) in [6, 6.07) is 9.96. The Hall–Kier alpha value is -3.19. The molecule has 0 amide bonds. The minimum atomic E-state index is 0.143. The summed E-state index contributed by atoms with van der Waals surface area (Å²) in [5.41, 5.74) is 2.06. The van der Waals surface area contributed by atoms with Gasteiger partial charge in [-0.2, -0.15) is 0 Å². The molecule has 1 saturated heterocycles. The molecule has 1 unspecified atom stereocenters. The lowest BCUT2D eigenvalue weighted by molar-refractivity contribution is 0.0713. The van der Waals surface area contributed by atoms with Crippen LogP contribution in [0.5, 0.6) is 11.6 Å². The van der Waals surface area contributed by atoms with Gasteiger partial charge in [0.1, 0.15) is 11.9 Å². The molecule has 7 nitrogen and oxygen atoms in total. The number of piperidine rings is 1. The molecule has 0 saturated carbocycles. The van der Waals surface area contributed by atoms with Crippen LogP contribution in [-0.2, 0) is 0 Å². The summed E-state index contributed by atoms with van der Waals surface area (Å²) in [5.74, 6) is 0.666. The van der Waals surface area contributed by atoms with Crippen LogP contribution in [0.3, 0.4) is 0 Å². The number of likely N-dealkylation sites (N-methyl/N-ethyl adjacent to an activating group) is 1. The number of nitrogens with zero attached hydrogens (tertiary/aromatic N) is 5. The summed E-state index contributed by atoms with van der Waals surface area (Å²) < 4.78 is 7.89. The van der Waals surface area contributed by atoms with E-state index in [9.17, 15) is 5.11 Å². The van der Waals surface area contributed by atoms with Gasteiger partial charge in [-0.25, -0.2) is 4.98 Å². The van der Waals surface area contributed by atoms with Crippen molar-refractivity contribution in [3.05, 3.63) is 61.2 Å². The summed E-state index contributed by atoms with van der Waals surface area (Å²) in [6.07, 6.45) is 11.8. The summed E-state index contributed by atoms with van der Waals surface area (Å²) in [6.45, 7) is 0. The molecule has 1 aromatic carbocycles. The number of rotatable bonds is 4. The van der Waals surface area contributed by atoms with Crippen LogP contribution in [-0.4, -0.2) is 55.0 Å². The lowest BCUT2D eigenvalue weighted by Crippen LogP contribution is -2.44. The first kappa shape index (κ1) is 16.9. The number of aromatic hydroxyl groups is 1. The van der Waals surface area contributed by atoms with Gasteiger partial charge in [-0.05, 0) is 25.2 Å². The number of hydrogen-bond acceptors (Lipinski definition) is 6. The van der Waals surface area contributed by atoms with E-state index in [-0.39, 0.29) is 11.9 Å². The topological polar surface area (TPSA) is 76.3 Å².